The standard InChI is InChI=1S/C18H14F5N3O2/c1-2-7-26(14(27)8-13-9-17(13,19)20)10-11-3-5-12(6-4-11)15-24-16(28-25-15)18(21,22)23/h1,3-6,13H,7-10H2. The molecule has 0 radical (unpaired) electrons. The molecule has 0 N–H and O–H groups in total. The van der Waals surface area contributed by atoms with Gasteiger partial charge in [-0.3, -0.25) is 4.79 Å². The smallest absolute Gasteiger partial charge is 0.329 e. The highest BCUT2D eigenvalue weighted by atomic mass is 19.4. The van der Waals surface area contributed by atoms with E-state index in [0.717, 1.165) is 0 Å². The van der Waals surface area contributed by atoms with E-state index in [1.807, 2.05) is 0 Å². The highest BCUT2D eigenvalue weighted by molar-refractivity contribution is 5.77. The van der Waals surface area contributed by atoms with Crippen molar-refractivity contribution in [3.8, 4) is 23.7 Å². The molecule has 1 aromatic carbocycles. The van der Waals surface area contributed by atoms with Crippen molar-refractivity contribution in [1.29, 1.82) is 0 Å². The topological polar surface area (TPSA) is 59.2 Å². The summed E-state index contributed by atoms with van der Waals surface area (Å²) in [4.78, 5) is 16.8. The van der Waals surface area contributed by atoms with E-state index in [0.29, 0.717) is 5.56 Å². The molecule has 1 amide bonds. The number of hydrogen-bond donors (Lipinski definition) is 0. The summed E-state index contributed by atoms with van der Waals surface area (Å²) < 4.78 is 67.8. The van der Waals surface area contributed by atoms with E-state index >= 15 is 0 Å². The molecule has 0 bridgehead atoms. The van der Waals surface area contributed by atoms with Gasteiger partial charge >= 0.3 is 12.1 Å². The van der Waals surface area contributed by atoms with Crippen LogP contribution in [0, 0.1) is 18.3 Å². The average Bonchev–Trinajstić information content (AvgIpc) is 3.00. The molecule has 1 aliphatic rings. The third-order valence-electron chi connectivity index (χ3n) is 4.27. The number of nitrogens with zero attached hydrogens (tertiary/aromatic N) is 3. The second-order valence-corrected chi connectivity index (χ2v) is 6.44. The minimum absolute atomic E-state index is 0.0430. The quantitative estimate of drug-likeness (QED) is 0.548. The monoisotopic (exact) mass is 399 g/mol. The molecule has 3 rings (SSSR count). The molecule has 10 heteroatoms. The maximum atomic E-state index is 13.0. The van der Waals surface area contributed by atoms with Crippen LogP contribution in [-0.2, 0) is 17.5 Å². The van der Waals surface area contributed by atoms with E-state index in [9.17, 15) is 26.7 Å². The van der Waals surface area contributed by atoms with Gasteiger partial charge in [-0.1, -0.05) is 35.3 Å². The summed E-state index contributed by atoms with van der Waals surface area (Å²) in [5.41, 5.74) is 0.907. The number of halogens is 5. The number of aromatic nitrogens is 2. The van der Waals surface area contributed by atoms with E-state index in [2.05, 4.69) is 20.6 Å². The summed E-state index contributed by atoms with van der Waals surface area (Å²) in [5, 5.41) is 3.29. The second-order valence-electron chi connectivity index (χ2n) is 6.44. The van der Waals surface area contributed by atoms with Crippen LogP contribution in [0.2, 0.25) is 0 Å². The molecule has 28 heavy (non-hydrogen) atoms. The lowest BCUT2D eigenvalue weighted by atomic mass is 10.1. The van der Waals surface area contributed by atoms with Crippen molar-refractivity contribution in [1.82, 2.24) is 15.0 Å². The lowest BCUT2D eigenvalue weighted by Crippen LogP contribution is -2.31. The third-order valence-corrected chi connectivity index (χ3v) is 4.27. The number of terminal acetylenes is 1. The molecule has 1 aliphatic carbocycles. The van der Waals surface area contributed by atoms with Crippen LogP contribution in [0.15, 0.2) is 28.8 Å². The average molecular weight is 399 g/mol. The summed E-state index contributed by atoms with van der Waals surface area (Å²) in [5.74, 6) is -3.59. The zero-order chi connectivity index (χ0) is 20.5. The first-order valence-corrected chi connectivity index (χ1v) is 8.19. The van der Waals surface area contributed by atoms with Gasteiger partial charge in [-0.05, 0) is 5.56 Å². The normalized spacial score (nSPS) is 17.8. The van der Waals surface area contributed by atoms with Gasteiger partial charge in [-0.2, -0.15) is 18.2 Å². The Morgan fingerprint density at radius 2 is 1.96 bits per heavy atom. The number of benzene rings is 1. The second kappa shape index (κ2) is 7.22. The fraction of sp³-hybridized carbons (Fsp3) is 0.389. The Morgan fingerprint density at radius 3 is 2.46 bits per heavy atom. The molecule has 0 aliphatic heterocycles. The molecule has 1 unspecified atom stereocenters. The van der Waals surface area contributed by atoms with E-state index in [4.69, 9.17) is 6.42 Å². The zero-order valence-electron chi connectivity index (χ0n) is 14.3. The van der Waals surface area contributed by atoms with Crippen LogP contribution in [0.4, 0.5) is 22.0 Å². The number of amides is 1. The molecule has 0 saturated heterocycles. The number of carbonyl (C=O) groups is 1. The lowest BCUT2D eigenvalue weighted by Gasteiger charge is -2.20. The van der Waals surface area contributed by atoms with Gasteiger partial charge in [-0.15, -0.1) is 6.42 Å². The number of hydrogen-bond acceptors (Lipinski definition) is 4. The van der Waals surface area contributed by atoms with Crippen LogP contribution in [0.25, 0.3) is 11.4 Å². The Labute approximate surface area is 156 Å². The van der Waals surface area contributed by atoms with Gasteiger partial charge < -0.3 is 9.42 Å². The SMILES string of the molecule is C#CCN(Cc1ccc(-c2noc(C(F)(F)F)n2)cc1)C(=O)CC1CC1(F)F. The number of carbonyl (C=O) groups excluding carboxylic acids is 1. The van der Waals surface area contributed by atoms with Crippen molar-refractivity contribution in [3.05, 3.63) is 35.7 Å². The fourth-order valence-electron chi connectivity index (χ4n) is 2.61. The highest BCUT2D eigenvalue weighted by Gasteiger charge is 2.57. The zero-order valence-corrected chi connectivity index (χ0v) is 14.3. The first-order chi connectivity index (χ1) is 13.1. The molecule has 1 saturated carbocycles. The third kappa shape index (κ3) is 4.47. The Balaban J connectivity index is 1.67. The summed E-state index contributed by atoms with van der Waals surface area (Å²) in [7, 11) is 0. The summed E-state index contributed by atoms with van der Waals surface area (Å²) in [6.45, 7) is 0.0420. The fourth-order valence-corrected chi connectivity index (χ4v) is 2.61. The maximum absolute atomic E-state index is 13.0. The maximum Gasteiger partial charge on any atom is 0.471 e. The van der Waals surface area contributed by atoms with Crippen LogP contribution < -0.4 is 0 Å². The minimum Gasteiger partial charge on any atom is -0.329 e. The minimum atomic E-state index is -4.74. The van der Waals surface area contributed by atoms with Crippen LogP contribution >= 0.6 is 0 Å². The Bertz CT molecular complexity index is 899. The highest BCUT2D eigenvalue weighted by Crippen LogP contribution is 2.50. The molecular formula is C18H14F5N3O2. The Hall–Kier alpha value is -2.96. The van der Waals surface area contributed by atoms with Crippen LogP contribution in [0.1, 0.15) is 24.3 Å². The first-order valence-electron chi connectivity index (χ1n) is 8.19. The summed E-state index contributed by atoms with van der Waals surface area (Å²) >= 11 is 0. The van der Waals surface area contributed by atoms with Gasteiger partial charge in [-0.25, -0.2) is 8.78 Å². The van der Waals surface area contributed by atoms with E-state index in [-0.39, 0.29) is 37.3 Å². The van der Waals surface area contributed by atoms with Crippen molar-refractivity contribution in [3.63, 3.8) is 0 Å². The van der Waals surface area contributed by atoms with Crippen LogP contribution in [-0.4, -0.2) is 33.4 Å². The van der Waals surface area contributed by atoms with Crippen molar-refractivity contribution in [2.45, 2.75) is 31.5 Å². The molecule has 2 aromatic rings. The largest absolute Gasteiger partial charge is 0.471 e. The predicted molar refractivity (Wildman–Crippen MR) is 86.7 cm³/mol. The van der Waals surface area contributed by atoms with Gasteiger partial charge in [0.1, 0.15) is 0 Å². The number of rotatable bonds is 6. The van der Waals surface area contributed by atoms with Crippen molar-refractivity contribution >= 4 is 5.91 Å². The molecule has 148 valence electrons. The van der Waals surface area contributed by atoms with Gasteiger partial charge in [0.15, 0.2) is 0 Å². The van der Waals surface area contributed by atoms with E-state index < -0.39 is 29.8 Å². The van der Waals surface area contributed by atoms with Crippen molar-refractivity contribution in [2.24, 2.45) is 5.92 Å². The van der Waals surface area contributed by atoms with Crippen molar-refractivity contribution in [2.75, 3.05) is 6.54 Å². The predicted octanol–water partition coefficient (Wildman–Crippen LogP) is 3.76. The van der Waals surface area contributed by atoms with Crippen LogP contribution in [0.5, 0.6) is 0 Å². The van der Waals surface area contributed by atoms with E-state index in [1.165, 1.54) is 17.0 Å². The van der Waals surface area contributed by atoms with Gasteiger partial charge in [0.05, 0.1) is 6.54 Å². The van der Waals surface area contributed by atoms with Gasteiger partial charge in [0.25, 0.3) is 5.92 Å². The molecular weight excluding hydrogens is 385 g/mol. The Morgan fingerprint density at radius 1 is 1.32 bits per heavy atom. The van der Waals surface area contributed by atoms with Gasteiger partial charge in [0.2, 0.25) is 11.7 Å². The van der Waals surface area contributed by atoms with Crippen molar-refractivity contribution < 1.29 is 31.3 Å². The molecule has 1 fully saturated rings. The molecule has 1 aromatic heterocycles. The molecule has 5 nitrogen and oxygen atoms in total. The van der Waals surface area contributed by atoms with Crippen LogP contribution in [0.3, 0.4) is 0 Å². The Kier molecular flexibility index (Phi) is 5.10. The van der Waals surface area contributed by atoms with Gasteiger partial charge in [0, 0.05) is 30.9 Å². The van der Waals surface area contributed by atoms with E-state index in [1.54, 1.807) is 12.1 Å². The lowest BCUT2D eigenvalue weighted by molar-refractivity contribution is -0.159. The number of alkyl halides is 5. The summed E-state index contributed by atoms with van der Waals surface area (Å²) in [6, 6.07) is 6.05. The molecule has 1 heterocycles. The molecule has 1 atom stereocenters. The molecule has 0 spiro atoms. The first kappa shape index (κ1) is 19.8. The summed E-state index contributed by atoms with van der Waals surface area (Å²) in [6.07, 6.45) is -0.0747.